The molecule has 3 aromatic heterocycles. The smallest absolute Gasteiger partial charge is 0.202 e. The summed E-state index contributed by atoms with van der Waals surface area (Å²) >= 11 is 6.21. The fourth-order valence-corrected chi connectivity index (χ4v) is 3.52. The highest BCUT2D eigenvalue weighted by atomic mass is 35.5. The second kappa shape index (κ2) is 7.13. The second-order valence-corrected chi connectivity index (χ2v) is 6.98. The highest BCUT2D eigenvalue weighted by Gasteiger charge is 2.19. The first kappa shape index (κ1) is 18.3. The summed E-state index contributed by atoms with van der Waals surface area (Å²) in [5.74, 6) is 1.76. The van der Waals surface area contributed by atoms with Crippen molar-refractivity contribution in [1.29, 1.82) is 0 Å². The van der Waals surface area contributed by atoms with Crippen LogP contribution in [0.25, 0.3) is 16.7 Å². The van der Waals surface area contributed by atoms with E-state index in [4.69, 9.17) is 20.9 Å². The van der Waals surface area contributed by atoms with E-state index in [1.54, 1.807) is 18.3 Å². The maximum absolute atomic E-state index is 12.8. The van der Waals surface area contributed by atoms with Crippen molar-refractivity contribution in [2.75, 3.05) is 6.61 Å². The Labute approximate surface area is 166 Å². The highest BCUT2D eigenvalue weighted by molar-refractivity contribution is 6.35. The summed E-state index contributed by atoms with van der Waals surface area (Å²) in [5.41, 5.74) is 2.90. The van der Waals surface area contributed by atoms with Gasteiger partial charge in [0.1, 0.15) is 17.0 Å². The number of carbonyl (C=O) groups excluding carboxylic acids is 1. The predicted octanol–water partition coefficient (Wildman–Crippen LogP) is 4.85. The lowest BCUT2D eigenvalue weighted by Crippen LogP contribution is -2.13. The number of hydrogen-bond donors (Lipinski definition) is 0. The third-order valence-electron chi connectivity index (χ3n) is 4.61. The summed E-state index contributed by atoms with van der Waals surface area (Å²) in [6, 6.07) is 10.8. The molecule has 0 aliphatic heterocycles. The normalized spacial score (nSPS) is 11.1. The number of pyridine rings is 1. The third-order valence-corrected chi connectivity index (χ3v) is 4.94. The average molecular weight is 396 g/mol. The molecule has 0 aliphatic rings. The predicted molar refractivity (Wildman–Crippen MR) is 107 cm³/mol. The Hall–Kier alpha value is -3.12. The molecule has 0 saturated carbocycles. The summed E-state index contributed by atoms with van der Waals surface area (Å²) in [6.07, 6.45) is 1.67. The Morgan fingerprint density at radius 1 is 1.21 bits per heavy atom. The van der Waals surface area contributed by atoms with E-state index >= 15 is 0 Å². The molecular weight excluding hydrogens is 378 g/mol. The zero-order valence-corrected chi connectivity index (χ0v) is 16.4. The molecule has 0 fully saturated rings. The first-order valence-electron chi connectivity index (χ1n) is 8.77. The van der Waals surface area contributed by atoms with E-state index in [-0.39, 0.29) is 12.4 Å². The van der Waals surface area contributed by atoms with Gasteiger partial charge in [0.15, 0.2) is 12.4 Å². The molecule has 0 saturated heterocycles. The van der Waals surface area contributed by atoms with Crippen molar-refractivity contribution in [2.45, 2.75) is 20.8 Å². The van der Waals surface area contributed by atoms with E-state index < -0.39 is 0 Å². The highest BCUT2D eigenvalue weighted by Crippen LogP contribution is 2.30. The van der Waals surface area contributed by atoms with Gasteiger partial charge in [-0.2, -0.15) is 0 Å². The van der Waals surface area contributed by atoms with Crippen molar-refractivity contribution >= 4 is 28.3 Å². The topological polar surface area (TPSA) is 70.2 Å². The lowest BCUT2D eigenvalue weighted by atomic mass is 10.1. The van der Waals surface area contributed by atoms with Crippen molar-refractivity contribution in [1.82, 2.24) is 14.7 Å². The van der Waals surface area contributed by atoms with E-state index in [1.165, 1.54) is 0 Å². The monoisotopic (exact) mass is 395 g/mol. The number of rotatable bonds is 5. The van der Waals surface area contributed by atoms with Gasteiger partial charge >= 0.3 is 0 Å². The van der Waals surface area contributed by atoms with Crippen LogP contribution in [0, 0.1) is 20.8 Å². The van der Waals surface area contributed by atoms with Gasteiger partial charge in [-0.1, -0.05) is 16.8 Å². The zero-order chi connectivity index (χ0) is 19.8. The molecule has 7 heteroatoms. The van der Waals surface area contributed by atoms with Crippen LogP contribution in [0.1, 0.15) is 27.5 Å². The number of Topliss-reactive ketones (excluding diaryl/α,β-unsaturated/α-hetero) is 1. The number of hydrogen-bond acceptors (Lipinski definition) is 5. The maximum atomic E-state index is 12.8. The molecule has 6 nitrogen and oxygen atoms in total. The molecule has 0 radical (unpaired) electrons. The van der Waals surface area contributed by atoms with Crippen LogP contribution in [-0.4, -0.2) is 27.1 Å². The number of aromatic nitrogens is 3. The minimum Gasteiger partial charge on any atom is -0.483 e. The minimum atomic E-state index is -0.126. The van der Waals surface area contributed by atoms with Crippen molar-refractivity contribution in [3.63, 3.8) is 0 Å². The Bertz CT molecular complexity index is 1190. The van der Waals surface area contributed by atoms with E-state index in [0.717, 1.165) is 16.8 Å². The van der Waals surface area contributed by atoms with Gasteiger partial charge in [-0.3, -0.25) is 14.3 Å². The third kappa shape index (κ3) is 3.16. The van der Waals surface area contributed by atoms with Crippen LogP contribution in [0.2, 0.25) is 5.02 Å². The van der Waals surface area contributed by atoms with Crippen molar-refractivity contribution < 1.29 is 14.1 Å². The molecule has 0 atom stereocenters. The number of ether oxygens (including phenoxy) is 1. The first-order valence-corrected chi connectivity index (χ1v) is 9.15. The second-order valence-electron chi connectivity index (χ2n) is 6.57. The van der Waals surface area contributed by atoms with E-state index in [9.17, 15) is 4.79 Å². The van der Waals surface area contributed by atoms with E-state index in [0.29, 0.717) is 33.4 Å². The van der Waals surface area contributed by atoms with Gasteiger partial charge in [-0.05, 0) is 51.1 Å². The maximum Gasteiger partial charge on any atom is 0.202 e. The number of carbonyl (C=O) groups is 1. The SMILES string of the molecule is Cc1cc(-n2c(C)cc(C(=O)COc3ccc(Cl)c4cccnc34)c2C)no1. The summed E-state index contributed by atoms with van der Waals surface area (Å²) < 4.78 is 12.8. The molecule has 1 aromatic carbocycles. The van der Waals surface area contributed by atoms with Gasteiger partial charge in [0.25, 0.3) is 0 Å². The Balaban J connectivity index is 1.60. The van der Waals surface area contributed by atoms with Crippen molar-refractivity contribution in [3.05, 3.63) is 70.3 Å². The van der Waals surface area contributed by atoms with Gasteiger partial charge in [0.2, 0.25) is 5.78 Å². The Kier molecular flexibility index (Phi) is 4.65. The van der Waals surface area contributed by atoms with Gasteiger partial charge in [0.05, 0.1) is 5.02 Å². The zero-order valence-electron chi connectivity index (χ0n) is 15.7. The van der Waals surface area contributed by atoms with Crippen molar-refractivity contribution in [3.8, 4) is 11.6 Å². The standard InChI is InChI=1S/C21H18ClN3O3/c1-12-9-16(14(3)25(12)20-10-13(2)28-24-20)18(26)11-27-19-7-6-17(22)15-5-4-8-23-21(15)19/h4-10H,11H2,1-3H3. The van der Waals surface area contributed by atoms with Gasteiger partial charge in [-0.25, -0.2) is 0 Å². The number of aryl methyl sites for hydroxylation is 2. The molecule has 4 aromatic rings. The van der Waals surface area contributed by atoms with Crippen LogP contribution in [0.15, 0.2) is 47.1 Å². The largest absolute Gasteiger partial charge is 0.483 e. The summed E-state index contributed by atoms with van der Waals surface area (Å²) in [7, 11) is 0. The first-order chi connectivity index (χ1) is 13.5. The van der Waals surface area contributed by atoms with Crippen LogP contribution < -0.4 is 4.74 Å². The fraction of sp³-hybridized carbons (Fsp3) is 0.190. The van der Waals surface area contributed by atoms with Crippen LogP contribution in [0.4, 0.5) is 0 Å². The molecule has 0 bridgehead atoms. The number of benzene rings is 1. The van der Waals surface area contributed by atoms with Gasteiger partial charge in [-0.15, -0.1) is 0 Å². The lowest BCUT2D eigenvalue weighted by Gasteiger charge is -2.09. The van der Waals surface area contributed by atoms with Crippen LogP contribution in [0.3, 0.4) is 0 Å². The number of ketones is 1. The molecule has 0 amide bonds. The molecule has 0 unspecified atom stereocenters. The molecule has 3 heterocycles. The Morgan fingerprint density at radius 2 is 2.04 bits per heavy atom. The van der Waals surface area contributed by atoms with Gasteiger partial charge in [0, 0.05) is 34.6 Å². The number of fused-ring (bicyclic) bond motifs is 1. The summed E-state index contributed by atoms with van der Waals surface area (Å²) in [4.78, 5) is 17.1. The summed E-state index contributed by atoms with van der Waals surface area (Å²) in [5, 5.41) is 5.42. The number of halogens is 1. The molecular formula is C21H18ClN3O3. The van der Waals surface area contributed by atoms with E-state index in [1.807, 2.05) is 49.6 Å². The molecule has 0 spiro atoms. The van der Waals surface area contributed by atoms with Gasteiger partial charge < -0.3 is 9.26 Å². The minimum absolute atomic E-state index is 0.102. The van der Waals surface area contributed by atoms with E-state index in [2.05, 4.69) is 10.1 Å². The van der Waals surface area contributed by atoms with Crippen molar-refractivity contribution in [2.24, 2.45) is 0 Å². The van der Waals surface area contributed by atoms with Crippen LogP contribution >= 0.6 is 11.6 Å². The molecule has 4 rings (SSSR count). The quantitative estimate of drug-likeness (QED) is 0.451. The molecule has 142 valence electrons. The lowest BCUT2D eigenvalue weighted by molar-refractivity contribution is 0.0922. The summed E-state index contributed by atoms with van der Waals surface area (Å²) in [6.45, 7) is 5.53. The molecule has 0 N–H and O–H groups in total. The number of nitrogens with zero attached hydrogens (tertiary/aromatic N) is 3. The fourth-order valence-electron chi connectivity index (χ4n) is 3.31. The average Bonchev–Trinajstić information content (AvgIpc) is 3.23. The van der Waals surface area contributed by atoms with Crippen LogP contribution in [-0.2, 0) is 0 Å². The molecule has 0 aliphatic carbocycles. The Morgan fingerprint density at radius 3 is 2.79 bits per heavy atom. The molecule has 28 heavy (non-hydrogen) atoms. The van der Waals surface area contributed by atoms with Crippen LogP contribution in [0.5, 0.6) is 5.75 Å².